The Labute approximate surface area is 123 Å². The minimum absolute atomic E-state index is 0.145. The maximum atomic E-state index is 12.3. The number of halogens is 2. The van der Waals surface area contributed by atoms with Crippen molar-refractivity contribution >= 4 is 37.6 Å². The van der Waals surface area contributed by atoms with E-state index in [4.69, 9.17) is 0 Å². The Morgan fingerprint density at radius 3 is 2.50 bits per heavy atom. The molecule has 0 spiro atoms. The van der Waals surface area contributed by atoms with Gasteiger partial charge in [-0.05, 0) is 36.2 Å². The fourth-order valence-corrected chi connectivity index (χ4v) is 2.75. The van der Waals surface area contributed by atoms with Crippen molar-refractivity contribution in [3.63, 3.8) is 0 Å². The largest absolute Gasteiger partial charge is 0.294 e. The standard InChI is InChI=1S/C15H12Br2O/c1-10-8-12(16)6-7-13(10)15(18)9-11-4-2-3-5-14(11)17/h2-8H,9H2,1H3. The first-order valence-electron chi connectivity index (χ1n) is 5.60. The normalized spacial score (nSPS) is 10.4. The van der Waals surface area contributed by atoms with Gasteiger partial charge in [-0.15, -0.1) is 0 Å². The van der Waals surface area contributed by atoms with Crippen LogP contribution in [-0.2, 0) is 6.42 Å². The van der Waals surface area contributed by atoms with Gasteiger partial charge >= 0.3 is 0 Å². The third-order valence-corrected chi connectivity index (χ3v) is 4.06. The number of ketones is 1. The first-order chi connectivity index (χ1) is 8.58. The van der Waals surface area contributed by atoms with Gasteiger partial charge in [0.15, 0.2) is 5.78 Å². The molecule has 92 valence electrons. The molecule has 0 amide bonds. The fraction of sp³-hybridized carbons (Fsp3) is 0.133. The van der Waals surface area contributed by atoms with E-state index < -0.39 is 0 Å². The second-order valence-electron chi connectivity index (χ2n) is 4.15. The molecule has 1 nitrogen and oxygen atoms in total. The highest BCUT2D eigenvalue weighted by Crippen LogP contribution is 2.21. The molecule has 0 aliphatic heterocycles. The molecule has 0 N–H and O–H groups in total. The molecule has 2 aromatic rings. The fourth-order valence-electron chi connectivity index (χ4n) is 1.85. The lowest BCUT2D eigenvalue weighted by atomic mass is 9.99. The van der Waals surface area contributed by atoms with E-state index in [9.17, 15) is 4.79 Å². The Morgan fingerprint density at radius 2 is 1.83 bits per heavy atom. The maximum absolute atomic E-state index is 12.3. The molecular weight excluding hydrogens is 356 g/mol. The summed E-state index contributed by atoms with van der Waals surface area (Å²) < 4.78 is 1.98. The average molecular weight is 368 g/mol. The molecule has 18 heavy (non-hydrogen) atoms. The van der Waals surface area contributed by atoms with Gasteiger partial charge in [0.05, 0.1) is 0 Å². The van der Waals surface area contributed by atoms with E-state index in [0.29, 0.717) is 6.42 Å². The van der Waals surface area contributed by atoms with Crippen molar-refractivity contribution in [1.82, 2.24) is 0 Å². The Morgan fingerprint density at radius 1 is 1.11 bits per heavy atom. The van der Waals surface area contributed by atoms with Gasteiger partial charge in [0.25, 0.3) is 0 Å². The molecule has 0 radical (unpaired) electrons. The third-order valence-electron chi connectivity index (χ3n) is 2.80. The summed E-state index contributed by atoms with van der Waals surface area (Å²) in [5, 5.41) is 0. The number of carbonyl (C=O) groups excluding carboxylic acids is 1. The highest BCUT2D eigenvalue weighted by atomic mass is 79.9. The minimum Gasteiger partial charge on any atom is -0.294 e. The molecule has 0 saturated heterocycles. The van der Waals surface area contributed by atoms with Crippen molar-refractivity contribution in [2.75, 3.05) is 0 Å². The van der Waals surface area contributed by atoms with Crippen LogP contribution in [0.5, 0.6) is 0 Å². The lowest BCUT2D eigenvalue weighted by Crippen LogP contribution is -2.06. The maximum Gasteiger partial charge on any atom is 0.167 e. The van der Waals surface area contributed by atoms with Crippen molar-refractivity contribution in [3.05, 3.63) is 68.1 Å². The van der Waals surface area contributed by atoms with Crippen LogP contribution in [-0.4, -0.2) is 5.78 Å². The van der Waals surface area contributed by atoms with Gasteiger partial charge in [-0.1, -0.05) is 56.1 Å². The molecule has 0 bridgehead atoms. The summed E-state index contributed by atoms with van der Waals surface area (Å²) in [4.78, 5) is 12.3. The molecule has 0 unspecified atom stereocenters. The van der Waals surface area contributed by atoms with E-state index >= 15 is 0 Å². The summed E-state index contributed by atoms with van der Waals surface area (Å²) in [5.41, 5.74) is 2.81. The number of aryl methyl sites for hydroxylation is 1. The van der Waals surface area contributed by atoms with Crippen molar-refractivity contribution in [3.8, 4) is 0 Å². The van der Waals surface area contributed by atoms with E-state index in [1.807, 2.05) is 49.4 Å². The summed E-state index contributed by atoms with van der Waals surface area (Å²) >= 11 is 6.87. The third kappa shape index (κ3) is 3.09. The van der Waals surface area contributed by atoms with Gasteiger partial charge in [-0.25, -0.2) is 0 Å². The predicted octanol–water partition coefficient (Wildman–Crippen LogP) is 4.95. The molecule has 2 rings (SSSR count). The van der Waals surface area contributed by atoms with Crippen LogP contribution in [0.4, 0.5) is 0 Å². The van der Waals surface area contributed by atoms with Gasteiger partial charge < -0.3 is 0 Å². The minimum atomic E-state index is 0.145. The number of rotatable bonds is 3. The second-order valence-corrected chi connectivity index (χ2v) is 5.92. The zero-order chi connectivity index (χ0) is 13.1. The Bertz CT molecular complexity index is 591. The number of Topliss-reactive ketones (excluding diaryl/α,β-unsaturated/α-hetero) is 1. The SMILES string of the molecule is Cc1cc(Br)ccc1C(=O)Cc1ccccc1Br. The first-order valence-corrected chi connectivity index (χ1v) is 7.19. The Hall–Kier alpha value is -0.930. The summed E-state index contributed by atoms with van der Waals surface area (Å²) in [5.74, 6) is 0.145. The van der Waals surface area contributed by atoms with E-state index in [-0.39, 0.29) is 5.78 Å². The summed E-state index contributed by atoms with van der Waals surface area (Å²) in [7, 11) is 0. The smallest absolute Gasteiger partial charge is 0.167 e. The molecule has 0 saturated carbocycles. The van der Waals surface area contributed by atoms with Crippen LogP contribution in [0.25, 0.3) is 0 Å². The van der Waals surface area contributed by atoms with E-state index in [0.717, 1.165) is 25.6 Å². The van der Waals surface area contributed by atoms with Crippen LogP contribution in [0, 0.1) is 6.92 Å². The van der Waals surface area contributed by atoms with Crippen LogP contribution >= 0.6 is 31.9 Å². The summed E-state index contributed by atoms with van der Waals surface area (Å²) in [6, 6.07) is 13.6. The second kappa shape index (κ2) is 5.81. The van der Waals surface area contributed by atoms with Gasteiger partial charge in [-0.3, -0.25) is 4.79 Å². The van der Waals surface area contributed by atoms with Gasteiger partial charge in [0, 0.05) is 20.9 Å². The molecule has 3 heteroatoms. The zero-order valence-corrected chi connectivity index (χ0v) is 13.1. The number of benzene rings is 2. The van der Waals surface area contributed by atoms with Crippen LogP contribution in [0.15, 0.2) is 51.4 Å². The van der Waals surface area contributed by atoms with Gasteiger partial charge in [-0.2, -0.15) is 0 Å². The topological polar surface area (TPSA) is 17.1 Å². The Balaban J connectivity index is 2.25. The summed E-state index contributed by atoms with van der Waals surface area (Å²) in [6.45, 7) is 1.96. The van der Waals surface area contributed by atoms with E-state index in [2.05, 4.69) is 31.9 Å². The van der Waals surface area contributed by atoms with Crippen LogP contribution < -0.4 is 0 Å². The van der Waals surface area contributed by atoms with Crippen LogP contribution in [0.1, 0.15) is 21.5 Å². The predicted molar refractivity (Wildman–Crippen MR) is 81.1 cm³/mol. The number of hydrogen-bond acceptors (Lipinski definition) is 1. The van der Waals surface area contributed by atoms with Crippen molar-refractivity contribution in [2.45, 2.75) is 13.3 Å². The molecule has 2 aromatic carbocycles. The quantitative estimate of drug-likeness (QED) is 0.701. The lowest BCUT2D eigenvalue weighted by molar-refractivity contribution is 0.0992. The molecule has 0 aliphatic carbocycles. The van der Waals surface area contributed by atoms with Gasteiger partial charge in [0.1, 0.15) is 0 Å². The number of hydrogen-bond donors (Lipinski definition) is 0. The van der Waals surface area contributed by atoms with Gasteiger partial charge in [0.2, 0.25) is 0 Å². The van der Waals surface area contributed by atoms with Crippen LogP contribution in [0.2, 0.25) is 0 Å². The zero-order valence-electron chi connectivity index (χ0n) is 9.91. The first kappa shape index (κ1) is 13.5. The van der Waals surface area contributed by atoms with Crippen molar-refractivity contribution in [2.24, 2.45) is 0 Å². The molecule has 0 heterocycles. The van der Waals surface area contributed by atoms with Crippen molar-refractivity contribution < 1.29 is 4.79 Å². The molecule has 0 atom stereocenters. The summed E-state index contributed by atoms with van der Waals surface area (Å²) in [6.07, 6.45) is 0.421. The average Bonchev–Trinajstić information content (AvgIpc) is 2.32. The number of carbonyl (C=O) groups is 1. The highest BCUT2D eigenvalue weighted by Gasteiger charge is 2.11. The molecular formula is C15H12Br2O. The van der Waals surface area contributed by atoms with Crippen molar-refractivity contribution in [1.29, 1.82) is 0 Å². The molecule has 0 fully saturated rings. The lowest BCUT2D eigenvalue weighted by Gasteiger charge is -2.07. The van der Waals surface area contributed by atoms with E-state index in [1.54, 1.807) is 0 Å². The monoisotopic (exact) mass is 366 g/mol. The molecule has 0 aromatic heterocycles. The van der Waals surface area contributed by atoms with E-state index in [1.165, 1.54) is 0 Å². The van der Waals surface area contributed by atoms with Crippen LogP contribution in [0.3, 0.4) is 0 Å². The Kier molecular flexibility index (Phi) is 4.36. The molecule has 0 aliphatic rings. The highest BCUT2D eigenvalue weighted by molar-refractivity contribution is 9.10.